The molecule has 0 saturated heterocycles. The zero-order chi connectivity index (χ0) is 15.7. The number of nitrogens with zero attached hydrogens (tertiary/aromatic N) is 1. The number of aryl methyl sites for hydroxylation is 1. The lowest BCUT2D eigenvalue weighted by molar-refractivity contribution is -0.137. The summed E-state index contributed by atoms with van der Waals surface area (Å²) in [6.07, 6.45) is -2.75. The molecule has 0 amide bonds. The largest absolute Gasteiger partial charge is 0.416 e. The third-order valence-corrected chi connectivity index (χ3v) is 5.53. The Morgan fingerprint density at radius 2 is 2.05 bits per heavy atom. The van der Waals surface area contributed by atoms with E-state index in [0.717, 1.165) is 29.5 Å². The minimum atomic E-state index is -4.53. The van der Waals surface area contributed by atoms with E-state index in [-0.39, 0.29) is 9.90 Å². The molecular formula is C12H11F3N2O2S2. The molecule has 0 unspecified atom stereocenters. The van der Waals surface area contributed by atoms with Crippen molar-refractivity contribution in [3.05, 3.63) is 41.0 Å². The molecule has 0 radical (unpaired) electrons. The lowest BCUT2D eigenvalue weighted by Gasteiger charge is -2.10. The van der Waals surface area contributed by atoms with Crippen molar-refractivity contribution in [3.8, 4) is 0 Å². The standard InChI is InChI=1S/C12H11F3N2O2S2/c1-2-10-16-7-11(20-10)21(18,19)17-9-5-3-4-8(6-9)12(13,14)15/h3-7,17H,2H2,1H3. The highest BCUT2D eigenvalue weighted by atomic mass is 32.2. The van der Waals surface area contributed by atoms with E-state index in [0.29, 0.717) is 11.4 Å². The molecule has 0 aliphatic carbocycles. The summed E-state index contributed by atoms with van der Waals surface area (Å²) in [4.78, 5) is 3.92. The molecule has 0 fully saturated rings. The van der Waals surface area contributed by atoms with Gasteiger partial charge in [-0.2, -0.15) is 13.2 Å². The molecule has 1 aromatic heterocycles. The number of benzene rings is 1. The van der Waals surface area contributed by atoms with Gasteiger partial charge in [0.2, 0.25) is 0 Å². The van der Waals surface area contributed by atoms with Crippen LogP contribution in [-0.4, -0.2) is 13.4 Å². The maximum Gasteiger partial charge on any atom is 0.416 e. The molecular weight excluding hydrogens is 325 g/mol. The van der Waals surface area contributed by atoms with Crippen LogP contribution in [0.1, 0.15) is 17.5 Å². The van der Waals surface area contributed by atoms with Crippen LogP contribution in [-0.2, 0) is 22.6 Å². The molecule has 2 aromatic rings. The van der Waals surface area contributed by atoms with E-state index in [2.05, 4.69) is 9.71 Å². The van der Waals surface area contributed by atoms with Gasteiger partial charge in [-0.25, -0.2) is 13.4 Å². The number of nitrogens with one attached hydrogen (secondary N) is 1. The van der Waals surface area contributed by atoms with E-state index in [1.54, 1.807) is 0 Å². The fourth-order valence-electron chi connectivity index (χ4n) is 1.55. The van der Waals surface area contributed by atoms with Gasteiger partial charge >= 0.3 is 6.18 Å². The monoisotopic (exact) mass is 336 g/mol. The van der Waals surface area contributed by atoms with E-state index >= 15 is 0 Å². The van der Waals surface area contributed by atoms with Gasteiger partial charge in [-0.1, -0.05) is 13.0 Å². The number of hydrogen-bond donors (Lipinski definition) is 1. The Morgan fingerprint density at radius 3 is 2.62 bits per heavy atom. The normalized spacial score (nSPS) is 12.4. The van der Waals surface area contributed by atoms with Crippen molar-refractivity contribution >= 4 is 27.0 Å². The van der Waals surface area contributed by atoms with Crippen LogP contribution in [0.25, 0.3) is 0 Å². The Labute approximate surface area is 123 Å². The van der Waals surface area contributed by atoms with Gasteiger partial charge in [0.15, 0.2) is 4.21 Å². The second kappa shape index (κ2) is 5.64. The summed E-state index contributed by atoms with van der Waals surface area (Å²) < 4.78 is 64.0. The topological polar surface area (TPSA) is 59.1 Å². The van der Waals surface area contributed by atoms with Crippen LogP contribution in [0, 0.1) is 0 Å². The first-order valence-electron chi connectivity index (χ1n) is 5.87. The van der Waals surface area contributed by atoms with Crippen LogP contribution in [0.2, 0.25) is 0 Å². The van der Waals surface area contributed by atoms with E-state index in [1.165, 1.54) is 12.3 Å². The maximum absolute atomic E-state index is 12.6. The van der Waals surface area contributed by atoms with E-state index in [9.17, 15) is 21.6 Å². The third kappa shape index (κ3) is 3.73. The Kier molecular flexibility index (Phi) is 4.24. The lowest BCUT2D eigenvalue weighted by Crippen LogP contribution is -2.12. The molecule has 21 heavy (non-hydrogen) atoms. The van der Waals surface area contributed by atoms with Crippen molar-refractivity contribution in [2.45, 2.75) is 23.7 Å². The summed E-state index contributed by atoms with van der Waals surface area (Å²) in [5, 5.41) is 0.638. The SMILES string of the molecule is CCc1ncc(S(=O)(=O)Nc2cccc(C(F)(F)F)c2)s1. The lowest BCUT2D eigenvalue weighted by atomic mass is 10.2. The van der Waals surface area contributed by atoms with Gasteiger partial charge < -0.3 is 0 Å². The van der Waals surface area contributed by atoms with Crippen LogP contribution in [0.4, 0.5) is 18.9 Å². The molecule has 0 spiro atoms. The molecule has 2 rings (SSSR count). The first-order chi connectivity index (χ1) is 9.72. The average molecular weight is 336 g/mol. The van der Waals surface area contributed by atoms with Gasteiger partial charge in [-0.3, -0.25) is 4.72 Å². The molecule has 9 heteroatoms. The maximum atomic E-state index is 12.6. The highest BCUT2D eigenvalue weighted by molar-refractivity contribution is 7.94. The van der Waals surface area contributed by atoms with Crippen molar-refractivity contribution < 1.29 is 21.6 Å². The Hall–Kier alpha value is -1.61. The zero-order valence-electron chi connectivity index (χ0n) is 10.8. The minimum Gasteiger partial charge on any atom is -0.279 e. The summed E-state index contributed by atoms with van der Waals surface area (Å²) in [5.41, 5.74) is -1.06. The van der Waals surface area contributed by atoms with E-state index in [1.807, 2.05) is 6.92 Å². The number of thiazole rings is 1. The van der Waals surface area contributed by atoms with E-state index in [4.69, 9.17) is 0 Å². The molecule has 0 bridgehead atoms. The molecule has 1 heterocycles. The van der Waals surface area contributed by atoms with E-state index < -0.39 is 21.8 Å². The molecule has 0 saturated carbocycles. The molecule has 1 aromatic carbocycles. The van der Waals surface area contributed by atoms with Crippen LogP contribution < -0.4 is 4.72 Å². The van der Waals surface area contributed by atoms with Gasteiger partial charge in [0, 0.05) is 5.69 Å². The predicted molar refractivity (Wildman–Crippen MR) is 73.7 cm³/mol. The van der Waals surface area contributed by atoms with Gasteiger partial charge in [-0.05, 0) is 24.6 Å². The summed E-state index contributed by atoms with van der Waals surface area (Å²) in [6.45, 7) is 1.83. The van der Waals surface area contributed by atoms with Crippen molar-refractivity contribution in [2.75, 3.05) is 4.72 Å². The second-order valence-electron chi connectivity index (χ2n) is 4.11. The summed E-state index contributed by atoms with van der Waals surface area (Å²) >= 11 is 0.985. The minimum absolute atomic E-state index is 0.0308. The fourth-order valence-corrected chi connectivity index (χ4v) is 3.71. The van der Waals surface area contributed by atoms with Crippen LogP contribution in [0.5, 0.6) is 0 Å². The summed E-state index contributed by atoms with van der Waals surface area (Å²) in [6, 6.07) is 4.03. The number of alkyl halides is 3. The molecule has 4 nitrogen and oxygen atoms in total. The predicted octanol–water partition coefficient (Wildman–Crippen LogP) is 3.53. The van der Waals surface area contributed by atoms with Crippen molar-refractivity contribution in [1.29, 1.82) is 0 Å². The fraction of sp³-hybridized carbons (Fsp3) is 0.250. The molecule has 1 N–H and O–H groups in total. The highest BCUT2D eigenvalue weighted by Crippen LogP contribution is 2.31. The van der Waals surface area contributed by atoms with Crippen molar-refractivity contribution in [3.63, 3.8) is 0 Å². The number of hydrogen-bond acceptors (Lipinski definition) is 4. The van der Waals surface area contributed by atoms with Crippen molar-refractivity contribution in [1.82, 2.24) is 4.98 Å². The van der Waals surface area contributed by atoms with Crippen LogP contribution in [0.3, 0.4) is 0 Å². The second-order valence-corrected chi connectivity index (χ2v) is 7.14. The number of aromatic nitrogens is 1. The average Bonchev–Trinajstić information content (AvgIpc) is 2.87. The zero-order valence-corrected chi connectivity index (χ0v) is 12.4. The smallest absolute Gasteiger partial charge is 0.279 e. The number of rotatable bonds is 4. The quantitative estimate of drug-likeness (QED) is 0.929. The molecule has 0 atom stereocenters. The van der Waals surface area contributed by atoms with Crippen molar-refractivity contribution in [2.24, 2.45) is 0 Å². The molecule has 0 aliphatic heterocycles. The summed E-state index contributed by atoms with van der Waals surface area (Å²) in [7, 11) is -3.93. The van der Waals surface area contributed by atoms with Gasteiger partial charge in [0.05, 0.1) is 16.8 Å². The number of anilines is 1. The first-order valence-corrected chi connectivity index (χ1v) is 8.17. The number of halogens is 3. The van der Waals surface area contributed by atoms with Gasteiger partial charge in [0.25, 0.3) is 10.0 Å². The van der Waals surface area contributed by atoms with Gasteiger partial charge in [-0.15, -0.1) is 11.3 Å². The first kappa shape index (κ1) is 15.8. The Morgan fingerprint density at radius 1 is 1.33 bits per heavy atom. The van der Waals surface area contributed by atoms with Gasteiger partial charge in [0.1, 0.15) is 0 Å². The number of sulfonamides is 1. The molecule has 0 aliphatic rings. The van der Waals surface area contributed by atoms with Crippen LogP contribution >= 0.6 is 11.3 Å². The third-order valence-electron chi connectivity index (χ3n) is 2.54. The highest BCUT2D eigenvalue weighted by Gasteiger charge is 2.30. The Bertz CT molecular complexity index is 739. The molecule has 114 valence electrons. The van der Waals surface area contributed by atoms with Crippen LogP contribution in [0.15, 0.2) is 34.7 Å². The summed E-state index contributed by atoms with van der Waals surface area (Å²) in [5.74, 6) is 0. The Balaban J connectivity index is 2.28.